The highest BCUT2D eigenvalue weighted by Gasteiger charge is 2.00. The zero-order valence-electron chi connectivity index (χ0n) is 6.81. The molecule has 1 N–H and O–H groups in total. The van der Waals surface area contributed by atoms with Gasteiger partial charge in [0, 0.05) is 6.54 Å². The van der Waals surface area contributed by atoms with Crippen molar-refractivity contribution in [3.05, 3.63) is 0 Å². The minimum atomic E-state index is -0.735. The van der Waals surface area contributed by atoms with Gasteiger partial charge in [-0.25, -0.2) is 4.79 Å². The zero-order chi connectivity index (χ0) is 7.98. The van der Waals surface area contributed by atoms with Gasteiger partial charge in [0.25, 0.3) is 0 Å². The van der Waals surface area contributed by atoms with Crippen molar-refractivity contribution in [2.45, 2.75) is 20.0 Å². The molecule has 0 aliphatic rings. The summed E-state index contributed by atoms with van der Waals surface area (Å²) in [5, 5.41) is 2.56. The van der Waals surface area contributed by atoms with Gasteiger partial charge in [-0.15, -0.1) is 0 Å². The number of alkyl carbamates (subject to hydrolysis) is 1. The Bertz CT molecular complexity index is 106. The van der Waals surface area contributed by atoms with Crippen LogP contribution in [0.25, 0.3) is 0 Å². The van der Waals surface area contributed by atoms with Crippen molar-refractivity contribution >= 4 is 14.9 Å². The predicted molar refractivity (Wildman–Crippen MR) is 43.9 cm³/mol. The van der Waals surface area contributed by atoms with Gasteiger partial charge in [-0.3, -0.25) is 0 Å². The molecular formula is C6H15NO2Si. The van der Waals surface area contributed by atoms with E-state index in [1.807, 2.05) is 6.92 Å². The summed E-state index contributed by atoms with van der Waals surface area (Å²) in [4.78, 5) is 10.6. The van der Waals surface area contributed by atoms with Crippen LogP contribution in [0.15, 0.2) is 0 Å². The van der Waals surface area contributed by atoms with Crippen LogP contribution in [0.2, 0.25) is 13.1 Å². The Morgan fingerprint density at radius 1 is 1.60 bits per heavy atom. The topological polar surface area (TPSA) is 38.3 Å². The van der Waals surface area contributed by atoms with Crippen molar-refractivity contribution in [1.29, 1.82) is 0 Å². The molecule has 0 unspecified atom stereocenters. The largest absolute Gasteiger partial charge is 0.454 e. The molecule has 0 spiro atoms. The van der Waals surface area contributed by atoms with Gasteiger partial charge in [-0.2, -0.15) is 0 Å². The smallest absolute Gasteiger partial charge is 0.406 e. The van der Waals surface area contributed by atoms with Gasteiger partial charge >= 0.3 is 6.09 Å². The molecule has 1 amide bonds. The molecule has 0 saturated heterocycles. The first kappa shape index (κ1) is 9.49. The number of amides is 1. The van der Waals surface area contributed by atoms with Crippen molar-refractivity contribution < 1.29 is 9.53 Å². The van der Waals surface area contributed by atoms with Crippen LogP contribution >= 0.6 is 0 Å². The summed E-state index contributed by atoms with van der Waals surface area (Å²) < 4.78 is 4.86. The molecule has 0 atom stereocenters. The second-order valence-corrected chi connectivity index (χ2v) is 5.64. The van der Waals surface area contributed by atoms with Crippen LogP contribution in [0.5, 0.6) is 0 Å². The van der Waals surface area contributed by atoms with Crippen LogP contribution in [0.3, 0.4) is 0 Å². The fourth-order valence-corrected chi connectivity index (χ4v) is 0.922. The Balaban J connectivity index is 3.22. The average Bonchev–Trinajstić information content (AvgIpc) is 1.85. The average molecular weight is 161 g/mol. The highest BCUT2D eigenvalue weighted by atomic mass is 28.3. The number of nitrogens with one attached hydrogen (secondary N) is 1. The third-order valence-corrected chi connectivity index (χ3v) is 1.70. The van der Waals surface area contributed by atoms with Gasteiger partial charge in [-0.05, 0) is 6.92 Å². The number of carbonyl (C=O) groups excluding carboxylic acids is 1. The molecule has 0 heterocycles. The Labute approximate surface area is 63.4 Å². The SMILES string of the molecule is CCNC(=O)OC[SiH](C)C. The third-order valence-electron chi connectivity index (χ3n) is 0.869. The van der Waals surface area contributed by atoms with Gasteiger partial charge in [0.15, 0.2) is 0 Å². The van der Waals surface area contributed by atoms with Gasteiger partial charge in [0.05, 0.1) is 15.0 Å². The van der Waals surface area contributed by atoms with E-state index in [9.17, 15) is 4.79 Å². The fourth-order valence-electron chi connectivity index (χ4n) is 0.438. The molecule has 4 heteroatoms. The highest BCUT2D eigenvalue weighted by Crippen LogP contribution is 1.82. The third kappa shape index (κ3) is 5.62. The second kappa shape index (κ2) is 5.29. The predicted octanol–water partition coefficient (Wildman–Crippen LogP) is 0.758. The molecule has 60 valence electrons. The maximum absolute atomic E-state index is 10.6. The number of hydrogen-bond acceptors (Lipinski definition) is 2. The number of carbonyl (C=O) groups is 1. The van der Waals surface area contributed by atoms with Gasteiger partial charge < -0.3 is 10.1 Å². The van der Waals surface area contributed by atoms with Crippen LogP contribution in [-0.4, -0.2) is 27.7 Å². The Morgan fingerprint density at radius 2 is 2.20 bits per heavy atom. The molecule has 0 saturated carbocycles. The van der Waals surface area contributed by atoms with Crippen LogP contribution < -0.4 is 5.32 Å². The summed E-state index contributed by atoms with van der Waals surface area (Å²) in [7, 11) is -0.735. The highest BCUT2D eigenvalue weighted by molar-refractivity contribution is 6.55. The minimum Gasteiger partial charge on any atom is -0.454 e. The van der Waals surface area contributed by atoms with E-state index in [0.717, 1.165) is 0 Å². The molecule has 0 rings (SSSR count). The lowest BCUT2D eigenvalue weighted by Crippen LogP contribution is -2.27. The molecule has 0 aliphatic heterocycles. The van der Waals surface area contributed by atoms with E-state index in [1.165, 1.54) is 0 Å². The Hall–Kier alpha value is -0.513. The van der Waals surface area contributed by atoms with Crippen LogP contribution in [0, 0.1) is 0 Å². The van der Waals surface area contributed by atoms with Crippen molar-refractivity contribution in [2.24, 2.45) is 0 Å². The van der Waals surface area contributed by atoms with E-state index in [-0.39, 0.29) is 6.09 Å². The minimum absolute atomic E-state index is 0.288. The summed E-state index contributed by atoms with van der Waals surface area (Å²) in [5.74, 6) is 0. The summed E-state index contributed by atoms with van der Waals surface area (Å²) >= 11 is 0. The molecule has 3 nitrogen and oxygen atoms in total. The first-order chi connectivity index (χ1) is 4.66. The Kier molecular flexibility index (Phi) is 5.01. The molecular weight excluding hydrogens is 146 g/mol. The Morgan fingerprint density at radius 3 is 2.60 bits per heavy atom. The number of rotatable bonds is 3. The molecule has 0 bridgehead atoms. The molecule has 0 radical (unpaired) electrons. The summed E-state index contributed by atoms with van der Waals surface area (Å²) in [5.41, 5.74) is 0. The quantitative estimate of drug-likeness (QED) is 0.621. The summed E-state index contributed by atoms with van der Waals surface area (Å²) in [6.07, 6.45) is 0.343. The van der Waals surface area contributed by atoms with E-state index in [2.05, 4.69) is 18.4 Å². The van der Waals surface area contributed by atoms with Gasteiger partial charge in [-0.1, -0.05) is 13.1 Å². The van der Waals surface area contributed by atoms with E-state index in [4.69, 9.17) is 4.74 Å². The second-order valence-electron chi connectivity index (χ2n) is 2.52. The van der Waals surface area contributed by atoms with Crippen molar-refractivity contribution in [3.8, 4) is 0 Å². The molecule has 10 heavy (non-hydrogen) atoms. The fraction of sp³-hybridized carbons (Fsp3) is 0.833. The van der Waals surface area contributed by atoms with Crippen LogP contribution in [0.4, 0.5) is 4.79 Å². The standard InChI is InChI=1S/C6H15NO2Si/c1-4-7-6(8)9-5-10(2)3/h10H,4-5H2,1-3H3,(H,7,8). The lowest BCUT2D eigenvalue weighted by Gasteiger charge is -2.05. The number of ether oxygens (including phenoxy) is 1. The zero-order valence-corrected chi connectivity index (χ0v) is 7.96. The summed E-state index contributed by atoms with van der Waals surface area (Å²) in [6, 6.07) is 0. The van der Waals surface area contributed by atoms with Crippen LogP contribution in [-0.2, 0) is 4.74 Å². The molecule has 0 aromatic heterocycles. The monoisotopic (exact) mass is 161 g/mol. The van der Waals surface area contributed by atoms with Gasteiger partial charge in [0.2, 0.25) is 0 Å². The van der Waals surface area contributed by atoms with E-state index in [0.29, 0.717) is 12.8 Å². The first-order valence-electron chi connectivity index (χ1n) is 3.57. The van der Waals surface area contributed by atoms with E-state index < -0.39 is 8.80 Å². The number of hydrogen-bond donors (Lipinski definition) is 1. The van der Waals surface area contributed by atoms with Crippen LogP contribution in [0.1, 0.15) is 6.92 Å². The summed E-state index contributed by atoms with van der Waals surface area (Å²) in [6.45, 7) is 6.78. The van der Waals surface area contributed by atoms with Gasteiger partial charge in [0.1, 0.15) is 0 Å². The lowest BCUT2D eigenvalue weighted by molar-refractivity contribution is 0.163. The molecule has 0 aliphatic carbocycles. The lowest BCUT2D eigenvalue weighted by atomic mass is 10.8. The van der Waals surface area contributed by atoms with Crippen molar-refractivity contribution in [1.82, 2.24) is 5.32 Å². The molecule has 0 aromatic rings. The maximum Gasteiger partial charge on any atom is 0.406 e. The van der Waals surface area contributed by atoms with E-state index >= 15 is 0 Å². The molecule has 0 aromatic carbocycles. The maximum atomic E-state index is 10.6. The first-order valence-corrected chi connectivity index (χ1v) is 6.70. The molecule has 0 fully saturated rings. The van der Waals surface area contributed by atoms with Crippen molar-refractivity contribution in [3.63, 3.8) is 0 Å². The van der Waals surface area contributed by atoms with E-state index in [1.54, 1.807) is 0 Å². The normalized spacial score (nSPS) is 9.60. The van der Waals surface area contributed by atoms with Crippen molar-refractivity contribution in [2.75, 3.05) is 12.8 Å².